The summed E-state index contributed by atoms with van der Waals surface area (Å²) < 4.78 is 0. The molecule has 119 valence electrons. The van der Waals surface area contributed by atoms with E-state index in [4.69, 9.17) is 0 Å². The summed E-state index contributed by atoms with van der Waals surface area (Å²) in [6.07, 6.45) is 0. The molecule has 24 heavy (non-hydrogen) atoms. The van der Waals surface area contributed by atoms with Crippen molar-refractivity contribution in [1.29, 1.82) is 0 Å². The monoisotopic (exact) mass is 447 g/mol. The molecule has 1 aromatic heterocycles. The molecule has 0 bridgehead atoms. The second-order valence-corrected chi connectivity index (χ2v) is 6.30. The summed E-state index contributed by atoms with van der Waals surface area (Å²) in [7, 11) is 0. The smallest absolute Gasteiger partial charge is 1.00 e. The fourth-order valence-electron chi connectivity index (χ4n) is 2.96. The van der Waals surface area contributed by atoms with Crippen molar-refractivity contribution >= 4 is 22.1 Å². The summed E-state index contributed by atoms with van der Waals surface area (Å²) in [6.45, 7) is 2.19. The molecule has 1 radical (unpaired) electrons. The van der Waals surface area contributed by atoms with Gasteiger partial charge in [-0.2, -0.15) is 11.3 Å². The van der Waals surface area contributed by atoms with Crippen LogP contribution in [0, 0.1) is 6.92 Å². The number of fused-ring (bicyclic) bond motifs is 1. The van der Waals surface area contributed by atoms with E-state index < -0.39 is 0 Å². The van der Waals surface area contributed by atoms with Crippen LogP contribution in [0.1, 0.15) is 5.56 Å². The molecule has 0 aliphatic carbocycles. The summed E-state index contributed by atoms with van der Waals surface area (Å²) in [5, 5.41) is 4.81. The predicted octanol–water partition coefficient (Wildman–Crippen LogP) is 0.268. The Labute approximate surface area is 178 Å². The van der Waals surface area contributed by atoms with E-state index >= 15 is 0 Å². The topological polar surface area (TPSA) is 0 Å². The molecular weight excluding hydrogens is 434 g/mol. The van der Waals surface area contributed by atoms with Crippen LogP contribution in [0.15, 0.2) is 72.1 Å². The molecule has 1 heterocycles. The van der Waals surface area contributed by atoms with Gasteiger partial charge >= 0.3 is 26.2 Å². The van der Waals surface area contributed by atoms with E-state index in [1.165, 1.54) is 37.9 Å². The minimum Gasteiger partial charge on any atom is -1.00 e. The SMILES string of the molecule is Cc1ccc2[cH-]c(-c3cccs3)cc2c1-c1ccccc1.[Cl-].[Cl-].[Zr+3]. The van der Waals surface area contributed by atoms with Gasteiger partial charge in [0.1, 0.15) is 0 Å². The van der Waals surface area contributed by atoms with Crippen molar-refractivity contribution in [2.75, 3.05) is 0 Å². The minimum atomic E-state index is 0. The Kier molecular flexibility index (Phi) is 8.03. The van der Waals surface area contributed by atoms with E-state index in [-0.39, 0.29) is 51.0 Å². The van der Waals surface area contributed by atoms with Crippen molar-refractivity contribution in [3.8, 4) is 21.6 Å². The largest absolute Gasteiger partial charge is 3.00 e. The second kappa shape index (κ2) is 9.06. The third-order valence-corrected chi connectivity index (χ3v) is 4.89. The van der Waals surface area contributed by atoms with Gasteiger partial charge < -0.3 is 24.8 Å². The van der Waals surface area contributed by atoms with E-state index in [1.54, 1.807) is 11.3 Å². The fourth-order valence-corrected chi connectivity index (χ4v) is 3.68. The van der Waals surface area contributed by atoms with Crippen LogP contribution in [-0.4, -0.2) is 0 Å². The van der Waals surface area contributed by atoms with Gasteiger partial charge in [0.05, 0.1) is 0 Å². The molecule has 0 aliphatic rings. The van der Waals surface area contributed by atoms with Crippen LogP contribution in [0.25, 0.3) is 32.3 Å². The molecule has 0 aliphatic heterocycles. The van der Waals surface area contributed by atoms with Gasteiger partial charge in [0.15, 0.2) is 0 Å². The number of rotatable bonds is 2. The standard InChI is InChI=1S/C20H15S.2ClH.Zr/c1-14-9-10-16-12-17(19-8-5-11-21-19)13-18(16)20(14)15-6-3-2-4-7-15;;;/h2-13H,1H3;2*1H;/q-1;;;+3/p-2. The summed E-state index contributed by atoms with van der Waals surface area (Å²) in [6, 6.07) is 24.1. The fraction of sp³-hybridized carbons (Fsp3) is 0.0500. The summed E-state index contributed by atoms with van der Waals surface area (Å²) in [5.74, 6) is 0. The Balaban J connectivity index is 0.000000960. The maximum Gasteiger partial charge on any atom is 3.00 e. The Hall–Kier alpha value is -0.787. The number of benzene rings is 2. The maximum absolute atomic E-state index is 2.33. The van der Waals surface area contributed by atoms with Crippen LogP contribution in [0.5, 0.6) is 0 Å². The number of hydrogen-bond donors (Lipinski definition) is 0. The molecule has 0 unspecified atom stereocenters. The number of hydrogen-bond acceptors (Lipinski definition) is 1. The quantitative estimate of drug-likeness (QED) is 0.386. The third-order valence-electron chi connectivity index (χ3n) is 3.97. The van der Waals surface area contributed by atoms with Gasteiger partial charge in [0.25, 0.3) is 0 Å². The van der Waals surface area contributed by atoms with E-state index in [2.05, 4.69) is 79.0 Å². The van der Waals surface area contributed by atoms with Crippen molar-refractivity contribution < 1.29 is 51.0 Å². The Bertz CT molecular complexity index is 896. The van der Waals surface area contributed by atoms with Crippen molar-refractivity contribution in [2.24, 2.45) is 0 Å². The molecule has 0 saturated heterocycles. The van der Waals surface area contributed by atoms with Gasteiger partial charge in [-0.25, -0.2) is 0 Å². The van der Waals surface area contributed by atoms with Gasteiger partial charge in [-0.1, -0.05) is 54.1 Å². The zero-order valence-electron chi connectivity index (χ0n) is 13.1. The first-order valence-corrected chi connectivity index (χ1v) is 8.00. The van der Waals surface area contributed by atoms with E-state index in [0.29, 0.717) is 0 Å². The molecular formula is C20H15Cl2SZr. The molecule has 3 aromatic carbocycles. The number of thiophene rings is 1. The average Bonchev–Trinajstić information content (AvgIpc) is 3.17. The molecule has 4 rings (SSSR count). The predicted molar refractivity (Wildman–Crippen MR) is 93.0 cm³/mol. The van der Waals surface area contributed by atoms with E-state index in [1.807, 2.05) is 0 Å². The zero-order chi connectivity index (χ0) is 14.2. The molecule has 0 saturated carbocycles. The number of aryl methyl sites for hydroxylation is 1. The van der Waals surface area contributed by atoms with Crippen LogP contribution in [0.4, 0.5) is 0 Å². The van der Waals surface area contributed by atoms with Crippen molar-refractivity contribution in [1.82, 2.24) is 0 Å². The maximum atomic E-state index is 2.33. The Morgan fingerprint density at radius 3 is 2.29 bits per heavy atom. The second-order valence-electron chi connectivity index (χ2n) is 5.35. The van der Waals surface area contributed by atoms with Crippen LogP contribution in [0.2, 0.25) is 0 Å². The van der Waals surface area contributed by atoms with Gasteiger partial charge in [0, 0.05) is 0 Å². The average molecular weight is 450 g/mol. The first-order chi connectivity index (χ1) is 10.3. The van der Waals surface area contributed by atoms with Crippen LogP contribution < -0.4 is 24.8 Å². The molecule has 0 atom stereocenters. The molecule has 4 aromatic rings. The summed E-state index contributed by atoms with van der Waals surface area (Å²) in [4.78, 5) is 1.34. The minimum absolute atomic E-state index is 0. The van der Waals surface area contributed by atoms with Crippen molar-refractivity contribution in [2.45, 2.75) is 6.92 Å². The molecule has 0 nitrogen and oxygen atoms in total. The summed E-state index contributed by atoms with van der Waals surface area (Å²) in [5.41, 5.74) is 5.31. The number of halogens is 2. The van der Waals surface area contributed by atoms with Crippen molar-refractivity contribution in [3.63, 3.8) is 0 Å². The van der Waals surface area contributed by atoms with Gasteiger partial charge in [-0.3, -0.25) is 0 Å². The molecule has 0 spiro atoms. The molecule has 0 fully saturated rings. The molecule has 0 N–H and O–H groups in total. The third kappa shape index (κ3) is 3.89. The van der Waals surface area contributed by atoms with Crippen molar-refractivity contribution in [3.05, 3.63) is 77.7 Å². The first-order valence-electron chi connectivity index (χ1n) is 7.12. The summed E-state index contributed by atoms with van der Waals surface area (Å²) >= 11 is 1.80. The van der Waals surface area contributed by atoms with Gasteiger partial charge in [-0.05, 0) is 28.3 Å². The van der Waals surface area contributed by atoms with E-state index in [9.17, 15) is 0 Å². The van der Waals surface area contributed by atoms with Crippen LogP contribution in [-0.2, 0) is 26.2 Å². The van der Waals surface area contributed by atoms with E-state index in [0.717, 1.165) is 0 Å². The van der Waals surface area contributed by atoms with Crippen LogP contribution in [0.3, 0.4) is 0 Å². The van der Waals surface area contributed by atoms with Gasteiger partial charge in [-0.15, -0.1) is 34.5 Å². The van der Waals surface area contributed by atoms with Crippen LogP contribution >= 0.6 is 11.3 Å². The van der Waals surface area contributed by atoms with Gasteiger partial charge in [0.2, 0.25) is 0 Å². The molecule has 4 heteroatoms. The Morgan fingerprint density at radius 1 is 0.875 bits per heavy atom. The Morgan fingerprint density at radius 2 is 1.62 bits per heavy atom. The first kappa shape index (κ1) is 21.3. The normalized spacial score (nSPS) is 9.71. The zero-order valence-corrected chi connectivity index (χ0v) is 17.9. The molecule has 0 amide bonds.